The first-order valence-electron chi connectivity index (χ1n) is 7.85. The number of carbonyl (C=O) groups is 2. The number of aromatic nitrogens is 3. The van der Waals surface area contributed by atoms with Gasteiger partial charge >= 0.3 is 5.97 Å². The summed E-state index contributed by atoms with van der Waals surface area (Å²) in [6.07, 6.45) is 7.03. The van der Waals surface area contributed by atoms with Crippen molar-refractivity contribution in [3.05, 3.63) is 46.5 Å². The summed E-state index contributed by atoms with van der Waals surface area (Å²) in [5, 5.41) is 4.09. The Hall–Kier alpha value is -3.18. The molecule has 0 bridgehead atoms. The van der Waals surface area contributed by atoms with Crippen LogP contribution in [0.4, 0.5) is 0 Å². The van der Waals surface area contributed by atoms with E-state index in [-0.39, 0.29) is 6.54 Å². The number of aryl methyl sites for hydroxylation is 1. The van der Waals surface area contributed by atoms with Crippen molar-refractivity contribution >= 4 is 33.4 Å². The standard InChI is InChI=1S/C18H16N4O3S/c1-4-10-21-13-7-6-12(17(24)25-3)11-15(13)26-18(21)20-16(23)14-8-9-19-22(14)5-2/h1,6-9,11H,5,10H2,2-3H3. The average molecular weight is 368 g/mol. The third kappa shape index (κ3) is 3.17. The lowest BCUT2D eigenvalue weighted by atomic mass is 10.2. The molecule has 0 aliphatic carbocycles. The first-order valence-corrected chi connectivity index (χ1v) is 8.66. The third-order valence-electron chi connectivity index (χ3n) is 3.79. The maximum Gasteiger partial charge on any atom is 0.337 e. The number of carbonyl (C=O) groups excluding carboxylic acids is 2. The first-order chi connectivity index (χ1) is 12.6. The molecule has 7 nitrogen and oxygen atoms in total. The van der Waals surface area contributed by atoms with Crippen molar-refractivity contribution in [1.82, 2.24) is 14.3 Å². The molecule has 2 heterocycles. The van der Waals surface area contributed by atoms with E-state index < -0.39 is 11.9 Å². The van der Waals surface area contributed by atoms with Crippen LogP contribution >= 0.6 is 11.3 Å². The van der Waals surface area contributed by atoms with Crippen LogP contribution in [-0.4, -0.2) is 33.3 Å². The number of methoxy groups -OCH3 is 1. The molecule has 0 aliphatic heterocycles. The minimum Gasteiger partial charge on any atom is -0.465 e. The number of esters is 1. The highest BCUT2D eigenvalue weighted by molar-refractivity contribution is 7.16. The van der Waals surface area contributed by atoms with E-state index in [0.717, 1.165) is 10.2 Å². The van der Waals surface area contributed by atoms with E-state index in [2.05, 4.69) is 16.0 Å². The zero-order valence-electron chi connectivity index (χ0n) is 14.3. The molecular formula is C18H16N4O3S. The molecule has 0 atom stereocenters. The van der Waals surface area contributed by atoms with Gasteiger partial charge in [0.2, 0.25) is 0 Å². The van der Waals surface area contributed by atoms with Gasteiger partial charge in [0.1, 0.15) is 5.69 Å². The number of ether oxygens (including phenoxy) is 1. The molecule has 0 N–H and O–H groups in total. The Labute approximate surface area is 153 Å². The van der Waals surface area contributed by atoms with E-state index in [9.17, 15) is 9.59 Å². The molecular weight excluding hydrogens is 352 g/mol. The maximum atomic E-state index is 12.5. The summed E-state index contributed by atoms with van der Waals surface area (Å²) in [6.45, 7) is 2.73. The summed E-state index contributed by atoms with van der Waals surface area (Å²) >= 11 is 1.29. The SMILES string of the molecule is C#CCn1c(=NC(=O)c2ccnn2CC)sc2cc(C(=O)OC)ccc21. The summed E-state index contributed by atoms with van der Waals surface area (Å²) in [5.41, 5.74) is 1.64. The summed E-state index contributed by atoms with van der Waals surface area (Å²) in [7, 11) is 1.33. The molecule has 0 fully saturated rings. The zero-order chi connectivity index (χ0) is 18.7. The van der Waals surface area contributed by atoms with Crippen LogP contribution in [0.5, 0.6) is 0 Å². The quantitative estimate of drug-likeness (QED) is 0.522. The van der Waals surface area contributed by atoms with Gasteiger partial charge in [-0.15, -0.1) is 6.42 Å². The van der Waals surface area contributed by atoms with Crippen molar-refractivity contribution in [2.75, 3.05) is 7.11 Å². The van der Waals surface area contributed by atoms with E-state index in [0.29, 0.717) is 22.6 Å². The minimum atomic E-state index is -0.426. The second-order valence-corrected chi connectivity index (χ2v) is 6.31. The number of nitrogens with zero attached hydrogens (tertiary/aromatic N) is 4. The molecule has 1 amide bonds. The number of thiazole rings is 1. The predicted octanol–water partition coefficient (Wildman–Crippen LogP) is 2.08. The zero-order valence-corrected chi connectivity index (χ0v) is 15.1. The second kappa shape index (κ2) is 7.37. The predicted molar refractivity (Wildman–Crippen MR) is 97.8 cm³/mol. The van der Waals surface area contributed by atoms with Crippen molar-refractivity contribution in [2.24, 2.45) is 4.99 Å². The van der Waals surface area contributed by atoms with Gasteiger partial charge in [-0.3, -0.25) is 9.48 Å². The van der Waals surface area contributed by atoms with Gasteiger partial charge in [0.05, 0.1) is 29.4 Å². The van der Waals surface area contributed by atoms with Gasteiger partial charge in [-0.25, -0.2) is 4.79 Å². The Morgan fingerprint density at radius 3 is 2.88 bits per heavy atom. The highest BCUT2D eigenvalue weighted by Gasteiger charge is 2.14. The second-order valence-electron chi connectivity index (χ2n) is 5.30. The normalized spacial score (nSPS) is 11.5. The first kappa shape index (κ1) is 17.6. The lowest BCUT2D eigenvalue weighted by Gasteiger charge is -2.02. The van der Waals surface area contributed by atoms with Crippen LogP contribution in [0.25, 0.3) is 10.2 Å². The van der Waals surface area contributed by atoms with Crippen LogP contribution in [0.15, 0.2) is 35.5 Å². The van der Waals surface area contributed by atoms with E-state index in [1.165, 1.54) is 18.4 Å². The molecule has 2 aromatic heterocycles. The molecule has 0 saturated carbocycles. The lowest BCUT2D eigenvalue weighted by molar-refractivity contribution is 0.0601. The monoisotopic (exact) mass is 368 g/mol. The van der Waals surface area contributed by atoms with Gasteiger partial charge in [0.15, 0.2) is 4.80 Å². The maximum absolute atomic E-state index is 12.5. The third-order valence-corrected chi connectivity index (χ3v) is 4.83. The number of amides is 1. The molecule has 0 aliphatic rings. The van der Waals surface area contributed by atoms with Crippen molar-refractivity contribution in [2.45, 2.75) is 20.0 Å². The van der Waals surface area contributed by atoms with Gasteiger partial charge in [0.25, 0.3) is 5.91 Å². The van der Waals surface area contributed by atoms with Crippen LogP contribution in [0.2, 0.25) is 0 Å². The van der Waals surface area contributed by atoms with Crippen LogP contribution in [-0.2, 0) is 17.8 Å². The fourth-order valence-corrected chi connectivity index (χ4v) is 3.62. The Balaban J connectivity index is 2.15. The van der Waals surface area contributed by atoms with Gasteiger partial charge < -0.3 is 9.30 Å². The van der Waals surface area contributed by atoms with Crippen LogP contribution in [0.3, 0.4) is 0 Å². The van der Waals surface area contributed by atoms with Crippen LogP contribution in [0.1, 0.15) is 27.8 Å². The molecule has 3 rings (SSSR count). The molecule has 8 heteroatoms. The molecule has 132 valence electrons. The van der Waals surface area contributed by atoms with Gasteiger partial charge in [0, 0.05) is 12.7 Å². The Kier molecular flexibility index (Phi) is 5.00. The molecule has 3 aromatic rings. The molecule has 1 aromatic carbocycles. The molecule has 0 unspecified atom stereocenters. The Morgan fingerprint density at radius 2 is 2.19 bits per heavy atom. The molecule has 0 spiro atoms. The average Bonchev–Trinajstić information content (AvgIpc) is 3.25. The highest BCUT2D eigenvalue weighted by Crippen LogP contribution is 2.20. The van der Waals surface area contributed by atoms with Gasteiger partial charge in [-0.2, -0.15) is 10.1 Å². The fraction of sp³-hybridized carbons (Fsp3) is 0.222. The fourth-order valence-electron chi connectivity index (χ4n) is 2.56. The van der Waals surface area contributed by atoms with E-state index in [1.807, 2.05) is 6.92 Å². The van der Waals surface area contributed by atoms with Crippen molar-refractivity contribution in [1.29, 1.82) is 0 Å². The lowest BCUT2D eigenvalue weighted by Crippen LogP contribution is -2.18. The van der Waals surface area contributed by atoms with Crippen LogP contribution in [0, 0.1) is 12.3 Å². The number of benzene rings is 1. The summed E-state index contributed by atoms with van der Waals surface area (Å²) < 4.78 is 8.89. The topological polar surface area (TPSA) is 78.5 Å². The number of terminal acetylenes is 1. The molecule has 0 saturated heterocycles. The molecule has 26 heavy (non-hydrogen) atoms. The van der Waals surface area contributed by atoms with E-state index >= 15 is 0 Å². The van der Waals surface area contributed by atoms with Gasteiger partial charge in [-0.05, 0) is 31.2 Å². The van der Waals surface area contributed by atoms with E-state index in [1.54, 1.807) is 39.7 Å². The number of hydrogen-bond donors (Lipinski definition) is 0. The van der Waals surface area contributed by atoms with Crippen LogP contribution < -0.4 is 4.80 Å². The van der Waals surface area contributed by atoms with Crippen molar-refractivity contribution in [3.8, 4) is 12.3 Å². The van der Waals surface area contributed by atoms with E-state index in [4.69, 9.17) is 11.2 Å². The number of rotatable bonds is 4. The minimum absolute atomic E-state index is 0.261. The molecule has 0 radical (unpaired) electrons. The smallest absolute Gasteiger partial charge is 0.337 e. The number of hydrogen-bond acceptors (Lipinski definition) is 5. The summed E-state index contributed by atoms with van der Waals surface area (Å²) in [5.74, 6) is 1.75. The van der Waals surface area contributed by atoms with Gasteiger partial charge in [-0.1, -0.05) is 17.3 Å². The summed E-state index contributed by atoms with van der Waals surface area (Å²) in [4.78, 5) is 29.0. The van der Waals surface area contributed by atoms with Crippen molar-refractivity contribution in [3.63, 3.8) is 0 Å². The summed E-state index contributed by atoms with van der Waals surface area (Å²) in [6, 6.07) is 6.77. The van der Waals surface area contributed by atoms with Crippen molar-refractivity contribution < 1.29 is 14.3 Å². The highest BCUT2D eigenvalue weighted by atomic mass is 32.1. The largest absolute Gasteiger partial charge is 0.465 e. The Bertz CT molecular complexity index is 1100. The number of fused-ring (bicyclic) bond motifs is 1. The Morgan fingerprint density at radius 1 is 1.38 bits per heavy atom.